The van der Waals surface area contributed by atoms with E-state index >= 15 is 0 Å². The zero-order valence-corrected chi connectivity index (χ0v) is 16.7. The van der Waals surface area contributed by atoms with Gasteiger partial charge in [0.05, 0.1) is 6.10 Å². The number of halogens is 1. The molecule has 2 heterocycles. The third-order valence-electron chi connectivity index (χ3n) is 5.36. The van der Waals surface area contributed by atoms with Crippen molar-refractivity contribution in [3.63, 3.8) is 0 Å². The maximum absolute atomic E-state index is 13.9. The summed E-state index contributed by atoms with van der Waals surface area (Å²) in [6.45, 7) is 3.09. The molecule has 2 aromatic carbocycles. The van der Waals surface area contributed by atoms with E-state index in [1.165, 1.54) is 16.3 Å². The SMILES string of the molecule is O=C(NCc1ccc(CN2CCC(O)CC2)cc1)c1ccn(-c2ccccc2F)n1. The van der Waals surface area contributed by atoms with Crippen LogP contribution in [0.1, 0.15) is 34.5 Å². The zero-order valence-electron chi connectivity index (χ0n) is 16.7. The van der Waals surface area contributed by atoms with E-state index in [-0.39, 0.29) is 17.7 Å². The maximum Gasteiger partial charge on any atom is 0.272 e. The fourth-order valence-electron chi connectivity index (χ4n) is 3.59. The lowest BCUT2D eigenvalue weighted by Crippen LogP contribution is -2.35. The maximum atomic E-state index is 13.9. The predicted octanol–water partition coefficient (Wildman–Crippen LogP) is 2.90. The molecule has 2 N–H and O–H groups in total. The molecule has 1 fully saturated rings. The van der Waals surface area contributed by atoms with Crippen LogP contribution in [0.3, 0.4) is 0 Å². The summed E-state index contributed by atoms with van der Waals surface area (Å²) in [5, 5.41) is 16.6. The van der Waals surface area contributed by atoms with Crippen molar-refractivity contribution < 1.29 is 14.3 Å². The number of carbonyl (C=O) groups is 1. The Morgan fingerprint density at radius 1 is 1.07 bits per heavy atom. The number of nitrogens with one attached hydrogen (secondary N) is 1. The number of carbonyl (C=O) groups excluding carboxylic acids is 1. The van der Waals surface area contributed by atoms with Gasteiger partial charge >= 0.3 is 0 Å². The molecule has 0 atom stereocenters. The molecule has 4 rings (SSSR count). The molecule has 6 nitrogen and oxygen atoms in total. The van der Waals surface area contributed by atoms with Crippen molar-refractivity contribution in [3.05, 3.63) is 83.4 Å². The van der Waals surface area contributed by atoms with Gasteiger partial charge in [-0.3, -0.25) is 9.69 Å². The smallest absolute Gasteiger partial charge is 0.272 e. The van der Waals surface area contributed by atoms with Gasteiger partial charge in [0, 0.05) is 32.4 Å². The normalized spacial score (nSPS) is 15.3. The van der Waals surface area contributed by atoms with E-state index in [9.17, 15) is 14.3 Å². The Hall–Kier alpha value is -3.03. The van der Waals surface area contributed by atoms with Gasteiger partial charge in [-0.25, -0.2) is 9.07 Å². The predicted molar refractivity (Wildman–Crippen MR) is 112 cm³/mol. The second-order valence-corrected chi connectivity index (χ2v) is 7.60. The van der Waals surface area contributed by atoms with Gasteiger partial charge in [-0.1, -0.05) is 36.4 Å². The molecule has 1 aromatic heterocycles. The van der Waals surface area contributed by atoms with Gasteiger partial charge in [-0.2, -0.15) is 5.10 Å². The van der Waals surface area contributed by atoms with Gasteiger partial charge in [-0.15, -0.1) is 0 Å². The van der Waals surface area contributed by atoms with E-state index in [0.717, 1.165) is 38.0 Å². The van der Waals surface area contributed by atoms with Gasteiger partial charge in [0.1, 0.15) is 11.5 Å². The fourth-order valence-corrected chi connectivity index (χ4v) is 3.59. The number of aromatic nitrogens is 2. The number of para-hydroxylation sites is 1. The lowest BCUT2D eigenvalue weighted by atomic mass is 10.1. The van der Waals surface area contributed by atoms with Crippen LogP contribution in [0.2, 0.25) is 0 Å². The number of likely N-dealkylation sites (tertiary alicyclic amines) is 1. The van der Waals surface area contributed by atoms with Gasteiger partial charge in [0.15, 0.2) is 5.69 Å². The van der Waals surface area contributed by atoms with E-state index in [1.807, 2.05) is 12.1 Å². The first-order valence-electron chi connectivity index (χ1n) is 10.2. The highest BCUT2D eigenvalue weighted by Crippen LogP contribution is 2.15. The van der Waals surface area contributed by atoms with E-state index in [2.05, 4.69) is 27.4 Å². The molecule has 1 aliphatic rings. The molecule has 3 aromatic rings. The summed E-state index contributed by atoms with van der Waals surface area (Å²) in [5.74, 6) is -0.700. The van der Waals surface area contributed by atoms with Crippen molar-refractivity contribution in [1.29, 1.82) is 0 Å². The average Bonchev–Trinajstić information content (AvgIpc) is 3.25. The largest absolute Gasteiger partial charge is 0.393 e. The van der Waals surface area contributed by atoms with E-state index in [1.54, 1.807) is 30.5 Å². The number of nitrogens with zero attached hydrogens (tertiary/aromatic N) is 3. The van der Waals surface area contributed by atoms with Crippen molar-refractivity contribution in [2.45, 2.75) is 32.0 Å². The summed E-state index contributed by atoms with van der Waals surface area (Å²) in [4.78, 5) is 14.7. The summed E-state index contributed by atoms with van der Waals surface area (Å²) in [6, 6.07) is 16.0. The summed E-state index contributed by atoms with van der Waals surface area (Å²) in [7, 11) is 0. The van der Waals surface area contributed by atoms with E-state index < -0.39 is 5.82 Å². The number of hydrogen-bond acceptors (Lipinski definition) is 4. The van der Waals surface area contributed by atoms with Crippen LogP contribution in [0.5, 0.6) is 0 Å². The summed E-state index contributed by atoms with van der Waals surface area (Å²) >= 11 is 0. The number of amides is 1. The Labute approximate surface area is 174 Å². The molecular formula is C23H25FN4O2. The van der Waals surface area contributed by atoms with Crippen LogP contribution in [0.4, 0.5) is 4.39 Å². The summed E-state index contributed by atoms with van der Waals surface area (Å²) in [5.41, 5.74) is 2.75. The zero-order chi connectivity index (χ0) is 20.9. The number of rotatable bonds is 6. The average molecular weight is 408 g/mol. The van der Waals surface area contributed by atoms with Gasteiger partial charge in [0.25, 0.3) is 5.91 Å². The minimum atomic E-state index is -0.395. The number of benzene rings is 2. The second-order valence-electron chi connectivity index (χ2n) is 7.60. The topological polar surface area (TPSA) is 70.4 Å². The van der Waals surface area contributed by atoms with Crippen molar-refractivity contribution in [1.82, 2.24) is 20.0 Å². The molecule has 1 aliphatic heterocycles. The molecule has 0 radical (unpaired) electrons. The molecule has 0 spiro atoms. The van der Waals surface area contributed by atoms with Crippen molar-refractivity contribution >= 4 is 5.91 Å². The first-order valence-corrected chi connectivity index (χ1v) is 10.2. The van der Waals surface area contributed by atoms with Crippen LogP contribution in [-0.4, -0.2) is 44.9 Å². The highest BCUT2D eigenvalue weighted by Gasteiger charge is 2.17. The highest BCUT2D eigenvalue weighted by molar-refractivity contribution is 5.92. The third-order valence-corrected chi connectivity index (χ3v) is 5.36. The van der Waals surface area contributed by atoms with E-state index in [4.69, 9.17) is 0 Å². The van der Waals surface area contributed by atoms with Crippen LogP contribution in [0.15, 0.2) is 60.8 Å². The number of hydrogen-bond donors (Lipinski definition) is 2. The Bertz CT molecular complexity index is 994. The second kappa shape index (κ2) is 9.19. The van der Waals surface area contributed by atoms with Crippen LogP contribution in [0, 0.1) is 5.82 Å². The Kier molecular flexibility index (Phi) is 6.21. The monoisotopic (exact) mass is 408 g/mol. The first kappa shape index (κ1) is 20.3. The quantitative estimate of drug-likeness (QED) is 0.658. The third kappa shape index (κ3) is 4.93. The molecule has 30 heavy (non-hydrogen) atoms. The van der Waals surface area contributed by atoms with Gasteiger partial charge in [0.2, 0.25) is 0 Å². The lowest BCUT2D eigenvalue weighted by Gasteiger charge is -2.29. The van der Waals surface area contributed by atoms with Crippen molar-refractivity contribution in [3.8, 4) is 5.69 Å². The van der Waals surface area contributed by atoms with Crippen molar-refractivity contribution in [2.24, 2.45) is 0 Å². The molecule has 0 unspecified atom stereocenters. The van der Waals surface area contributed by atoms with Crippen LogP contribution >= 0.6 is 0 Å². The Balaban J connectivity index is 1.30. The molecular weight excluding hydrogens is 383 g/mol. The van der Waals surface area contributed by atoms with Crippen LogP contribution in [0.25, 0.3) is 5.69 Å². The van der Waals surface area contributed by atoms with Crippen molar-refractivity contribution in [2.75, 3.05) is 13.1 Å². The number of aliphatic hydroxyl groups is 1. The molecule has 0 bridgehead atoms. The van der Waals surface area contributed by atoms with Gasteiger partial charge < -0.3 is 10.4 Å². The standard InChI is InChI=1S/C23H25FN4O2/c24-20-3-1-2-4-22(20)28-14-11-21(26-28)23(30)25-15-17-5-7-18(8-6-17)16-27-12-9-19(29)10-13-27/h1-8,11,14,19,29H,9-10,12-13,15-16H2,(H,25,30). The molecule has 0 saturated carbocycles. The lowest BCUT2D eigenvalue weighted by molar-refractivity contribution is 0.0792. The number of piperidine rings is 1. The van der Waals surface area contributed by atoms with Crippen LogP contribution in [-0.2, 0) is 13.1 Å². The molecule has 156 valence electrons. The molecule has 1 amide bonds. The minimum Gasteiger partial charge on any atom is -0.393 e. The molecule has 7 heteroatoms. The van der Waals surface area contributed by atoms with Gasteiger partial charge in [-0.05, 0) is 42.2 Å². The molecule has 1 saturated heterocycles. The summed E-state index contributed by atoms with van der Waals surface area (Å²) in [6.07, 6.45) is 3.07. The van der Waals surface area contributed by atoms with E-state index in [0.29, 0.717) is 12.2 Å². The Morgan fingerprint density at radius 3 is 2.50 bits per heavy atom. The number of aliphatic hydroxyl groups excluding tert-OH is 1. The summed E-state index contributed by atoms with van der Waals surface area (Å²) < 4.78 is 15.2. The first-order chi connectivity index (χ1) is 14.6. The molecule has 0 aliphatic carbocycles. The highest BCUT2D eigenvalue weighted by atomic mass is 19.1. The fraction of sp³-hybridized carbons (Fsp3) is 0.304. The minimum absolute atomic E-state index is 0.162. The Morgan fingerprint density at radius 2 is 1.77 bits per heavy atom. The van der Waals surface area contributed by atoms with Crippen LogP contribution < -0.4 is 5.32 Å².